The Balaban J connectivity index is 1.25. The van der Waals surface area contributed by atoms with Gasteiger partial charge in [-0.25, -0.2) is 4.39 Å². The van der Waals surface area contributed by atoms with E-state index in [-0.39, 0.29) is 0 Å². The smallest absolute Gasteiger partial charge is 0.240 e. The number of halogens is 1. The molecule has 5 rings (SSSR count). The lowest BCUT2D eigenvalue weighted by Crippen LogP contribution is -2.35. The summed E-state index contributed by atoms with van der Waals surface area (Å²) in [6.07, 6.45) is 3.24. The molecule has 0 bridgehead atoms. The van der Waals surface area contributed by atoms with Crippen LogP contribution in [0.1, 0.15) is 23.2 Å². The van der Waals surface area contributed by atoms with Gasteiger partial charge >= 0.3 is 0 Å². The number of carbonyl (C=O) groups excluding carboxylic acids is 3. The van der Waals surface area contributed by atoms with Gasteiger partial charge < -0.3 is 15.4 Å². The fourth-order valence-electron chi connectivity index (χ4n) is 3.75. The Hall–Kier alpha value is -4.59. The first-order chi connectivity index (χ1) is 17.0. The summed E-state index contributed by atoms with van der Waals surface area (Å²) in [5.74, 6) is -0.0806. The van der Waals surface area contributed by atoms with Crippen molar-refractivity contribution in [3.05, 3.63) is 90.4 Å². The molecule has 8 heteroatoms. The molecule has 4 aromatic rings. The zero-order valence-electron chi connectivity index (χ0n) is 18.5. The van der Waals surface area contributed by atoms with E-state index >= 15 is 0 Å². The molecular weight excluding hydrogens is 449 g/mol. The molecule has 7 nitrogen and oxygen atoms in total. The Kier molecular flexibility index (Phi) is 5.70. The summed E-state index contributed by atoms with van der Waals surface area (Å²) in [6, 6.07) is 19.1. The summed E-state index contributed by atoms with van der Waals surface area (Å²) in [5.41, 5.74) is 0.993. The SMILES string of the molecule is O=Cc1ccc2c(Oc3ccc(NC(=O)C4(C(=O)Nc5ccc(F)cc5)CC4)cc3)ccnc2c1. The van der Waals surface area contributed by atoms with Crippen molar-refractivity contribution in [3.63, 3.8) is 0 Å². The van der Waals surface area contributed by atoms with E-state index in [0.717, 1.165) is 11.7 Å². The Morgan fingerprint density at radius 1 is 0.886 bits per heavy atom. The fourth-order valence-corrected chi connectivity index (χ4v) is 3.75. The van der Waals surface area contributed by atoms with Gasteiger partial charge in [-0.1, -0.05) is 6.07 Å². The van der Waals surface area contributed by atoms with E-state index in [9.17, 15) is 18.8 Å². The monoisotopic (exact) mass is 469 g/mol. The summed E-state index contributed by atoms with van der Waals surface area (Å²) >= 11 is 0. The van der Waals surface area contributed by atoms with Crippen LogP contribution in [0.15, 0.2) is 79.0 Å². The van der Waals surface area contributed by atoms with E-state index in [1.165, 1.54) is 24.3 Å². The molecule has 1 aliphatic carbocycles. The standard InChI is InChI=1S/C27H20FN3O4/c28-18-2-4-19(5-3-18)30-25(33)27(12-13-27)26(34)31-20-6-8-21(9-7-20)35-24-11-14-29-23-15-17(16-32)1-10-22(23)24/h1-11,14-16H,12-13H2,(H,30,33)(H,31,34). The number of nitrogens with one attached hydrogen (secondary N) is 2. The zero-order chi connectivity index (χ0) is 24.4. The molecular formula is C27H20FN3O4. The zero-order valence-corrected chi connectivity index (χ0v) is 18.5. The number of aldehydes is 1. The number of hydrogen-bond acceptors (Lipinski definition) is 5. The highest BCUT2D eigenvalue weighted by Crippen LogP contribution is 2.47. The predicted octanol–water partition coefficient (Wildman–Crippen LogP) is 5.34. The predicted molar refractivity (Wildman–Crippen MR) is 129 cm³/mol. The average molecular weight is 469 g/mol. The number of carbonyl (C=O) groups is 3. The second kappa shape index (κ2) is 8.98. The first-order valence-corrected chi connectivity index (χ1v) is 11.0. The van der Waals surface area contributed by atoms with Crippen molar-refractivity contribution in [3.8, 4) is 11.5 Å². The Morgan fingerprint density at radius 2 is 1.51 bits per heavy atom. The van der Waals surface area contributed by atoms with Crippen LogP contribution in [0.2, 0.25) is 0 Å². The second-order valence-electron chi connectivity index (χ2n) is 8.33. The van der Waals surface area contributed by atoms with Crippen molar-refractivity contribution < 1.29 is 23.5 Å². The minimum atomic E-state index is -1.14. The van der Waals surface area contributed by atoms with Crippen LogP contribution in [0, 0.1) is 11.2 Å². The van der Waals surface area contributed by atoms with Crippen molar-refractivity contribution >= 4 is 40.4 Å². The summed E-state index contributed by atoms with van der Waals surface area (Å²) < 4.78 is 19.1. The average Bonchev–Trinajstić information content (AvgIpc) is 3.69. The lowest BCUT2D eigenvalue weighted by Gasteiger charge is -2.16. The topological polar surface area (TPSA) is 97.4 Å². The Bertz CT molecular complexity index is 1430. The van der Waals surface area contributed by atoms with E-state index in [1.54, 1.807) is 54.7 Å². The fraction of sp³-hybridized carbons (Fsp3) is 0.111. The highest BCUT2D eigenvalue weighted by molar-refractivity contribution is 6.16. The van der Waals surface area contributed by atoms with Gasteiger partial charge in [-0.2, -0.15) is 0 Å². The molecule has 1 fully saturated rings. The van der Waals surface area contributed by atoms with E-state index in [2.05, 4.69) is 15.6 Å². The van der Waals surface area contributed by atoms with Crippen molar-refractivity contribution in [2.45, 2.75) is 12.8 Å². The third kappa shape index (κ3) is 4.59. The van der Waals surface area contributed by atoms with Crippen molar-refractivity contribution in [2.75, 3.05) is 10.6 Å². The molecule has 0 aliphatic heterocycles. The van der Waals surface area contributed by atoms with E-state index < -0.39 is 23.0 Å². The third-order valence-corrected chi connectivity index (χ3v) is 5.92. The van der Waals surface area contributed by atoms with E-state index in [0.29, 0.717) is 46.8 Å². The number of pyridine rings is 1. The molecule has 1 aliphatic rings. The molecule has 35 heavy (non-hydrogen) atoms. The van der Waals surface area contributed by atoms with Gasteiger partial charge in [0.1, 0.15) is 29.0 Å². The molecule has 0 spiro atoms. The number of benzene rings is 3. The number of aromatic nitrogens is 1. The van der Waals surface area contributed by atoms with Crippen LogP contribution >= 0.6 is 0 Å². The van der Waals surface area contributed by atoms with Gasteiger partial charge in [0.25, 0.3) is 0 Å². The molecule has 0 radical (unpaired) electrons. The Morgan fingerprint density at radius 3 is 2.11 bits per heavy atom. The maximum absolute atomic E-state index is 13.1. The third-order valence-electron chi connectivity index (χ3n) is 5.92. The van der Waals surface area contributed by atoms with Crippen LogP contribution < -0.4 is 15.4 Å². The summed E-state index contributed by atoms with van der Waals surface area (Å²) in [7, 11) is 0. The molecule has 2 amide bonds. The van der Waals surface area contributed by atoms with Crippen LogP contribution in [-0.4, -0.2) is 23.1 Å². The quantitative estimate of drug-likeness (QED) is 0.281. The van der Waals surface area contributed by atoms with Gasteiger partial charge in [0.2, 0.25) is 11.8 Å². The van der Waals surface area contributed by atoms with Gasteiger partial charge in [-0.3, -0.25) is 19.4 Å². The minimum absolute atomic E-state index is 0.392. The first-order valence-electron chi connectivity index (χ1n) is 11.0. The van der Waals surface area contributed by atoms with Gasteiger partial charge in [0, 0.05) is 28.5 Å². The normalized spacial score (nSPS) is 13.6. The van der Waals surface area contributed by atoms with Gasteiger partial charge in [-0.15, -0.1) is 0 Å². The van der Waals surface area contributed by atoms with Gasteiger partial charge in [-0.05, 0) is 79.6 Å². The molecule has 0 unspecified atom stereocenters. The number of amides is 2. The summed E-state index contributed by atoms with van der Waals surface area (Å²) in [6.45, 7) is 0. The minimum Gasteiger partial charge on any atom is -0.457 e. The molecule has 1 aromatic heterocycles. The second-order valence-corrected chi connectivity index (χ2v) is 8.33. The summed E-state index contributed by atoms with van der Waals surface area (Å²) in [4.78, 5) is 40.9. The largest absolute Gasteiger partial charge is 0.457 e. The highest BCUT2D eigenvalue weighted by Gasteiger charge is 2.56. The summed E-state index contributed by atoms with van der Waals surface area (Å²) in [5, 5.41) is 6.24. The van der Waals surface area contributed by atoms with Gasteiger partial charge in [0.05, 0.1) is 5.52 Å². The molecule has 0 atom stereocenters. The maximum Gasteiger partial charge on any atom is 0.240 e. The lowest BCUT2D eigenvalue weighted by atomic mass is 10.0. The van der Waals surface area contributed by atoms with Crippen LogP contribution in [-0.2, 0) is 9.59 Å². The molecule has 1 saturated carbocycles. The van der Waals surface area contributed by atoms with Crippen molar-refractivity contribution in [1.29, 1.82) is 0 Å². The lowest BCUT2D eigenvalue weighted by molar-refractivity contribution is -0.131. The first kappa shape index (κ1) is 22.2. The van der Waals surface area contributed by atoms with E-state index in [4.69, 9.17) is 4.74 Å². The Labute approximate surface area is 199 Å². The molecule has 0 saturated heterocycles. The molecule has 174 valence electrons. The van der Waals surface area contributed by atoms with Crippen LogP contribution in [0.4, 0.5) is 15.8 Å². The number of fused-ring (bicyclic) bond motifs is 1. The molecule has 3 aromatic carbocycles. The highest BCUT2D eigenvalue weighted by atomic mass is 19.1. The van der Waals surface area contributed by atoms with E-state index in [1.807, 2.05) is 0 Å². The molecule has 2 N–H and O–H groups in total. The van der Waals surface area contributed by atoms with Crippen molar-refractivity contribution in [2.24, 2.45) is 5.41 Å². The molecule has 1 heterocycles. The van der Waals surface area contributed by atoms with Gasteiger partial charge in [0.15, 0.2) is 0 Å². The number of ether oxygens (including phenoxy) is 1. The number of rotatable bonds is 7. The van der Waals surface area contributed by atoms with Crippen LogP contribution in [0.5, 0.6) is 11.5 Å². The maximum atomic E-state index is 13.1. The van der Waals surface area contributed by atoms with Crippen LogP contribution in [0.25, 0.3) is 10.9 Å². The number of anilines is 2. The number of hydrogen-bond donors (Lipinski definition) is 2. The number of nitrogens with zero attached hydrogens (tertiary/aromatic N) is 1. The van der Waals surface area contributed by atoms with Crippen molar-refractivity contribution in [1.82, 2.24) is 4.98 Å². The van der Waals surface area contributed by atoms with Crippen LogP contribution in [0.3, 0.4) is 0 Å².